The normalized spacial score (nSPS) is 28.8. The Kier molecular flexibility index (Phi) is 6.19. The summed E-state index contributed by atoms with van der Waals surface area (Å²) in [4.78, 5) is 10.7. The molecule has 10 nitrogen and oxygen atoms in total. The molecule has 6 rings (SSSR count). The minimum Gasteiger partial charge on any atom is -0.384 e. The first-order valence-electron chi connectivity index (χ1n) is 12.7. The van der Waals surface area contributed by atoms with Gasteiger partial charge in [0.15, 0.2) is 11.6 Å². The third kappa shape index (κ3) is 4.56. The van der Waals surface area contributed by atoms with Crippen molar-refractivity contribution in [2.45, 2.75) is 62.9 Å². The van der Waals surface area contributed by atoms with Crippen LogP contribution in [0, 0.1) is 5.92 Å². The summed E-state index contributed by atoms with van der Waals surface area (Å²) < 4.78 is 58.7. The quantitative estimate of drug-likeness (QED) is 0.509. The standard InChI is InChI=1S/C25H30F3N7O3/c1-24(2)37-21-14(12-36-3)8-17(22(21)38-24)35-13-30-20-18(35)10-31-33-23(20)32-16-6-7-34(11-16)19-5-4-15(9-29-19)25(26,27)28/h4-5,9-10,13-14,16-17,21-22H,6-8,11-12H2,1-3H3,(H,32,33)/t14-,16?,17-,21-,22+/m1/s1. The number of aromatic nitrogens is 5. The first kappa shape index (κ1) is 25.3. The molecule has 13 heteroatoms. The van der Waals surface area contributed by atoms with E-state index in [0.717, 1.165) is 30.6 Å². The number of hydrogen-bond donors (Lipinski definition) is 1. The van der Waals surface area contributed by atoms with E-state index >= 15 is 0 Å². The van der Waals surface area contributed by atoms with Crippen LogP contribution in [0.1, 0.15) is 38.3 Å². The summed E-state index contributed by atoms with van der Waals surface area (Å²) in [5.41, 5.74) is 0.792. The van der Waals surface area contributed by atoms with Gasteiger partial charge in [0.25, 0.3) is 0 Å². The fraction of sp³-hybridized carbons (Fsp3) is 0.600. The molecule has 5 atom stereocenters. The van der Waals surface area contributed by atoms with Gasteiger partial charge in [-0.05, 0) is 38.8 Å². The highest BCUT2D eigenvalue weighted by Crippen LogP contribution is 2.47. The first-order valence-corrected chi connectivity index (χ1v) is 12.7. The van der Waals surface area contributed by atoms with Gasteiger partial charge >= 0.3 is 6.18 Å². The van der Waals surface area contributed by atoms with Crippen LogP contribution in [0.5, 0.6) is 0 Å². The molecular weight excluding hydrogens is 503 g/mol. The number of hydrogen-bond acceptors (Lipinski definition) is 9. The molecule has 3 aromatic rings. The van der Waals surface area contributed by atoms with Crippen LogP contribution in [0.4, 0.5) is 24.8 Å². The highest BCUT2D eigenvalue weighted by molar-refractivity contribution is 5.85. The van der Waals surface area contributed by atoms with E-state index in [0.29, 0.717) is 36.8 Å². The van der Waals surface area contributed by atoms with Crippen LogP contribution in [-0.2, 0) is 20.4 Å². The van der Waals surface area contributed by atoms with Gasteiger partial charge in [0.1, 0.15) is 17.4 Å². The SMILES string of the molecule is COC[C@H]1C[C@@H](n2cnc3c(NC4CCN(c5ccc(C(F)(F)F)cn5)C4)nncc32)[C@@H]2OC(C)(C)O[C@H]12. The molecule has 1 unspecified atom stereocenters. The molecular formula is C25H30F3N7O3. The van der Waals surface area contributed by atoms with Gasteiger partial charge in [-0.1, -0.05) is 0 Å². The number of nitrogens with zero attached hydrogens (tertiary/aromatic N) is 6. The van der Waals surface area contributed by atoms with E-state index in [-0.39, 0.29) is 30.2 Å². The third-order valence-electron chi connectivity index (χ3n) is 7.61. The van der Waals surface area contributed by atoms with Crippen molar-refractivity contribution in [2.24, 2.45) is 5.92 Å². The first-order chi connectivity index (χ1) is 18.1. The number of halogens is 3. The van der Waals surface area contributed by atoms with E-state index in [1.807, 2.05) is 18.7 Å². The Balaban J connectivity index is 1.19. The molecule has 204 valence electrons. The molecule has 1 saturated carbocycles. The number of methoxy groups -OCH3 is 1. The number of alkyl halides is 3. The Labute approximate surface area is 217 Å². The summed E-state index contributed by atoms with van der Waals surface area (Å²) in [6.07, 6.45) is 1.38. The Morgan fingerprint density at radius 1 is 1.16 bits per heavy atom. The molecule has 0 aromatic carbocycles. The largest absolute Gasteiger partial charge is 0.417 e. The van der Waals surface area contributed by atoms with Crippen molar-refractivity contribution in [3.05, 3.63) is 36.4 Å². The lowest BCUT2D eigenvalue weighted by Crippen LogP contribution is -2.28. The summed E-state index contributed by atoms with van der Waals surface area (Å²) in [6.45, 7) is 5.67. The van der Waals surface area contributed by atoms with Gasteiger partial charge < -0.3 is 29.0 Å². The van der Waals surface area contributed by atoms with Crippen LogP contribution in [0.15, 0.2) is 30.9 Å². The molecule has 0 bridgehead atoms. The maximum Gasteiger partial charge on any atom is 0.417 e. The maximum absolute atomic E-state index is 12.9. The maximum atomic E-state index is 12.9. The van der Waals surface area contributed by atoms with E-state index < -0.39 is 17.5 Å². The number of nitrogens with one attached hydrogen (secondary N) is 1. The second-order valence-corrected chi connectivity index (χ2v) is 10.6. The van der Waals surface area contributed by atoms with E-state index in [1.165, 1.54) is 6.07 Å². The Hall–Kier alpha value is -3.03. The number of ether oxygens (including phenoxy) is 3. The molecule has 1 aliphatic carbocycles. The molecule has 1 N–H and O–H groups in total. The van der Waals surface area contributed by atoms with Crippen molar-refractivity contribution in [1.29, 1.82) is 0 Å². The van der Waals surface area contributed by atoms with Crippen molar-refractivity contribution < 1.29 is 27.4 Å². The molecule has 0 radical (unpaired) electrons. The average Bonchev–Trinajstić information content (AvgIpc) is 3.63. The van der Waals surface area contributed by atoms with Crippen molar-refractivity contribution in [2.75, 3.05) is 37.0 Å². The predicted octanol–water partition coefficient (Wildman–Crippen LogP) is 3.66. The van der Waals surface area contributed by atoms with Crippen LogP contribution in [-0.4, -0.2) is 75.6 Å². The molecule has 0 spiro atoms. The van der Waals surface area contributed by atoms with Crippen LogP contribution >= 0.6 is 0 Å². The van der Waals surface area contributed by atoms with Crippen molar-refractivity contribution >= 4 is 22.7 Å². The van der Waals surface area contributed by atoms with Crippen molar-refractivity contribution in [1.82, 2.24) is 24.7 Å². The molecule has 5 heterocycles. The second-order valence-electron chi connectivity index (χ2n) is 10.6. The fourth-order valence-electron chi connectivity index (χ4n) is 5.96. The van der Waals surface area contributed by atoms with Gasteiger partial charge in [-0.2, -0.15) is 18.3 Å². The van der Waals surface area contributed by atoms with Crippen LogP contribution in [0.25, 0.3) is 11.0 Å². The summed E-state index contributed by atoms with van der Waals surface area (Å²) in [5.74, 6) is 0.614. The Bertz CT molecular complexity index is 1300. The zero-order valence-corrected chi connectivity index (χ0v) is 21.4. The topological polar surface area (TPSA) is 99.5 Å². The van der Waals surface area contributed by atoms with E-state index in [2.05, 4.69) is 30.0 Å². The molecule has 2 saturated heterocycles. The summed E-state index contributed by atoms with van der Waals surface area (Å²) in [5, 5.41) is 12.0. The monoisotopic (exact) mass is 533 g/mol. The average molecular weight is 534 g/mol. The third-order valence-corrected chi connectivity index (χ3v) is 7.61. The zero-order chi connectivity index (χ0) is 26.7. The van der Waals surface area contributed by atoms with Gasteiger partial charge in [0.2, 0.25) is 0 Å². The molecule has 2 aliphatic heterocycles. The number of rotatable bonds is 6. The molecule has 38 heavy (non-hydrogen) atoms. The highest BCUT2D eigenvalue weighted by atomic mass is 19.4. The summed E-state index contributed by atoms with van der Waals surface area (Å²) in [7, 11) is 1.70. The number of imidazole rings is 1. The Morgan fingerprint density at radius 3 is 2.71 bits per heavy atom. The van der Waals surface area contributed by atoms with Crippen LogP contribution < -0.4 is 10.2 Å². The number of fused-ring (bicyclic) bond motifs is 2. The molecule has 3 aromatic heterocycles. The number of pyridine rings is 1. The van der Waals surface area contributed by atoms with E-state index in [9.17, 15) is 13.2 Å². The lowest BCUT2D eigenvalue weighted by Gasteiger charge is -2.24. The fourth-order valence-corrected chi connectivity index (χ4v) is 5.96. The molecule has 0 amide bonds. The molecule has 3 aliphatic rings. The minimum atomic E-state index is -4.40. The summed E-state index contributed by atoms with van der Waals surface area (Å²) in [6, 6.07) is 2.50. The van der Waals surface area contributed by atoms with Gasteiger partial charge in [-0.25, -0.2) is 9.97 Å². The van der Waals surface area contributed by atoms with Crippen molar-refractivity contribution in [3.63, 3.8) is 0 Å². The summed E-state index contributed by atoms with van der Waals surface area (Å²) >= 11 is 0. The van der Waals surface area contributed by atoms with Gasteiger partial charge in [-0.3, -0.25) is 0 Å². The van der Waals surface area contributed by atoms with Gasteiger partial charge in [0, 0.05) is 38.4 Å². The minimum absolute atomic E-state index is 0.0108. The van der Waals surface area contributed by atoms with E-state index in [1.54, 1.807) is 19.6 Å². The second kappa shape index (κ2) is 9.31. The predicted molar refractivity (Wildman–Crippen MR) is 132 cm³/mol. The van der Waals surface area contributed by atoms with Crippen molar-refractivity contribution in [3.8, 4) is 0 Å². The molecule has 3 fully saturated rings. The highest BCUT2D eigenvalue weighted by Gasteiger charge is 2.54. The van der Waals surface area contributed by atoms with Gasteiger partial charge in [0.05, 0.1) is 42.4 Å². The smallest absolute Gasteiger partial charge is 0.384 e. The Morgan fingerprint density at radius 2 is 1.97 bits per heavy atom. The number of anilines is 2. The van der Waals surface area contributed by atoms with Crippen LogP contribution in [0.3, 0.4) is 0 Å². The lowest BCUT2D eigenvalue weighted by atomic mass is 10.1. The zero-order valence-electron chi connectivity index (χ0n) is 21.4. The van der Waals surface area contributed by atoms with Gasteiger partial charge in [-0.15, -0.1) is 5.10 Å². The van der Waals surface area contributed by atoms with E-state index in [4.69, 9.17) is 14.2 Å². The van der Waals surface area contributed by atoms with Crippen LogP contribution in [0.2, 0.25) is 0 Å². The lowest BCUT2D eigenvalue weighted by molar-refractivity contribution is -0.162.